The second-order valence-corrected chi connectivity index (χ2v) is 6.48. The van der Waals surface area contributed by atoms with E-state index in [4.69, 9.17) is 0 Å². The summed E-state index contributed by atoms with van der Waals surface area (Å²) in [6.07, 6.45) is 3.66. The van der Waals surface area contributed by atoms with Crippen molar-refractivity contribution in [1.29, 1.82) is 0 Å². The molecule has 0 atom stereocenters. The second kappa shape index (κ2) is 5.81. The van der Waals surface area contributed by atoms with Crippen molar-refractivity contribution in [2.45, 2.75) is 6.92 Å². The molecule has 3 heterocycles. The van der Waals surface area contributed by atoms with Gasteiger partial charge in [-0.3, -0.25) is 9.97 Å². The third-order valence-electron chi connectivity index (χ3n) is 4.94. The van der Waals surface area contributed by atoms with Crippen molar-refractivity contribution in [3.8, 4) is 22.5 Å². The molecule has 1 N–H and O–H groups in total. The maximum Gasteiger partial charge on any atom is 0.0705 e. The lowest BCUT2D eigenvalue weighted by Crippen LogP contribution is -1.87. The molecule has 3 aromatic heterocycles. The van der Waals surface area contributed by atoms with Gasteiger partial charge in [0.15, 0.2) is 0 Å². The number of fused-ring (bicyclic) bond motifs is 3. The summed E-state index contributed by atoms with van der Waals surface area (Å²) in [5, 5.41) is 2.47. The molecule has 0 amide bonds. The van der Waals surface area contributed by atoms with Crippen LogP contribution in [0.5, 0.6) is 0 Å². The van der Waals surface area contributed by atoms with E-state index in [0.717, 1.165) is 28.0 Å². The van der Waals surface area contributed by atoms with E-state index in [1.165, 1.54) is 21.9 Å². The van der Waals surface area contributed by atoms with Gasteiger partial charge in [-0.05, 0) is 42.8 Å². The van der Waals surface area contributed by atoms with Crippen LogP contribution in [-0.4, -0.2) is 15.0 Å². The first kappa shape index (κ1) is 14.8. The van der Waals surface area contributed by atoms with E-state index >= 15 is 0 Å². The number of hydrogen-bond donors (Lipinski definition) is 1. The van der Waals surface area contributed by atoms with Crippen LogP contribution in [0.1, 0.15) is 5.56 Å². The van der Waals surface area contributed by atoms with Crippen molar-refractivity contribution in [2.75, 3.05) is 0 Å². The zero-order valence-electron chi connectivity index (χ0n) is 14.4. The van der Waals surface area contributed by atoms with Crippen LogP contribution in [0, 0.1) is 6.92 Å². The molecule has 0 radical (unpaired) electrons. The molecule has 5 rings (SSSR count). The van der Waals surface area contributed by atoms with Crippen LogP contribution < -0.4 is 0 Å². The summed E-state index contributed by atoms with van der Waals surface area (Å²) < 4.78 is 0. The number of hydrogen-bond acceptors (Lipinski definition) is 2. The van der Waals surface area contributed by atoms with Crippen LogP contribution >= 0.6 is 0 Å². The smallest absolute Gasteiger partial charge is 0.0705 e. The van der Waals surface area contributed by atoms with E-state index in [0.29, 0.717) is 0 Å². The fraction of sp³-hybridized carbons (Fsp3) is 0.0435. The first-order valence-corrected chi connectivity index (χ1v) is 8.69. The summed E-state index contributed by atoms with van der Waals surface area (Å²) in [5.41, 5.74) is 7.78. The van der Waals surface area contributed by atoms with Crippen molar-refractivity contribution in [1.82, 2.24) is 15.0 Å². The van der Waals surface area contributed by atoms with E-state index in [9.17, 15) is 0 Å². The van der Waals surface area contributed by atoms with E-state index in [1.54, 1.807) is 0 Å². The molecular formula is C23H17N3. The number of pyridine rings is 2. The van der Waals surface area contributed by atoms with Crippen LogP contribution in [-0.2, 0) is 0 Å². The summed E-state index contributed by atoms with van der Waals surface area (Å²) in [6, 6.07) is 22.9. The van der Waals surface area contributed by atoms with Crippen molar-refractivity contribution >= 4 is 21.8 Å². The molecule has 0 aliphatic heterocycles. The molecule has 0 aliphatic rings. The van der Waals surface area contributed by atoms with Crippen molar-refractivity contribution in [3.05, 3.63) is 84.7 Å². The summed E-state index contributed by atoms with van der Waals surface area (Å²) in [4.78, 5) is 12.6. The van der Waals surface area contributed by atoms with Gasteiger partial charge in [-0.2, -0.15) is 0 Å². The normalized spacial score (nSPS) is 11.3. The van der Waals surface area contributed by atoms with Gasteiger partial charge in [0, 0.05) is 39.8 Å². The number of aromatic nitrogens is 3. The fourth-order valence-electron chi connectivity index (χ4n) is 3.61. The van der Waals surface area contributed by atoms with E-state index in [2.05, 4.69) is 58.3 Å². The zero-order valence-corrected chi connectivity index (χ0v) is 14.4. The Morgan fingerprint density at radius 1 is 0.731 bits per heavy atom. The summed E-state index contributed by atoms with van der Waals surface area (Å²) in [6.45, 7) is 2.15. The Labute approximate surface area is 151 Å². The second-order valence-electron chi connectivity index (χ2n) is 6.48. The Morgan fingerprint density at radius 2 is 1.46 bits per heavy atom. The van der Waals surface area contributed by atoms with E-state index in [-0.39, 0.29) is 0 Å². The highest BCUT2D eigenvalue weighted by Crippen LogP contribution is 2.34. The Kier molecular flexibility index (Phi) is 3.32. The van der Waals surface area contributed by atoms with Gasteiger partial charge in [-0.15, -0.1) is 0 Å². The molecule has 0 saturated heterocycles. The molecule has 5 aromatic rings. The largest absolute Gasteiger partial charge is 0.354 e. The maximum atomic E-state index is 4.50. The van der Waals surface area contributed by atoms with Crippen LogP contribution in [0.15, 0.2) is 79.1 Å². The number of nitrogens with zero attached hydrogens (tertiary/aromatic N) is 2. The maximum absolute atomic E-state index is 4.50. The predicted octanol–water partition coefficient (Wildman–Crippen LogP) is 5.75. The predicted molar refractivity (Wildman–Crippen MR) is 107 cm³/mol. The molecule has 3 heteroatoms. The number of aryl methyl sites for hydroxylation is 1. The number of nitrogens with one attached hydrogen (secondary N) is 1. The molecule has 0 saturated carbocycles. The quantitative estimate of drug-likeness (QED) is 0.446. The molecule has 26 heavy (non-hydrogen) atoms. The Balaban J connectivity index is 1.72. The molecule has 0 unspecified atom stereocenters. The number of rotatable bonds is 2. The Bertz CT molecular complexity index is 1220. The van der Waals surface area contributed by atoms with Gasteiger partial charge in [0.25, 0.3) is 0 Å². The Morgan fingerprint density at radius 3 is 2.19 bits per heavy atom. The van der Waals surface area contributed by atoms with Crippen molar-refractivity contribution in [3.63, 3.8) is 0 Å². The molecule has 0 spiro atoms. The lowest BCUT2D eigenvalue weighted by atomic mass is 10.0. The summed E-state index contributed by atoms with van der Waals surface area (Å²) in [7, 11) is 0. The molecule has 124 valence electrons. The molecule has 0 aliphatic carbocycles. The summed E-state index contributed by atoms with van der Waals surface area (Å²) >= 11 is 0. The third-order valence-corrected chi connectivity index (χ3v) is 4.94. The summed E-state index contributed by atoms with van der Waals surface area (Å²) in [5.74, 6) is 0. The van der Waals surface area contributed by atoms with Crippen LogP contribution in [0.25, 0.3) is 44.3 Å². The number of benzene rings is 2. The van der Waals surface area contributed by atoms with E-state index in [1.807, 2.05) is 42.7 Å². The van der Waals surface area contributed by atoms with Crippen LogP contribution in [0.4, 0.5) is 0 Å². The minimum atomic E-state index is 0.985. The monoisotopic (exact) mass is 335 g/mol. The van der Waals surface area contributed by atoms with Crippen LogP contribution in [0.3, 0.4) is 0 Å². The highest BCUT2D eigenvalue weighted by Gasteiger charge is 2.12. The lowest BCUT2D eigenvalue weighted by molar-refractivity contribution is 1.31. The molecule has 2 aromatic carbocycles. The van der Waals surface area contributed by atoms with Gasteiger partial charge in [-0.25, -0.2) is 0 Å². The topological polar surface area (TPSA) is 41.6 Å². The SMILES string of the molecule is Cc1c(-c2ccccn2)ccc2c1[nH]c1cc(-c3ccccn3)ccc12. The number of aromatic amines is 1. The van der Waals surface area contributed by atoms with Gasteiger partial charge < -0.3 is 4.98 Å². The first-order valence-electron chi connectivity index (χ1n) is 8.69. The Hall–Kier alpha value is -3.46. The fourth-order valence-corrected chi connectivity index (χ4v) is 3.61. The minimum Gasteiger partial charge on any atom is -0.354 e. The average Bonchev–Trinajstić information content (AvgIpc) is 3.08. The van der Waals surface area contributed by atoms with E-state index < -0.39 is 0 Å². The van der Waals surface area contributed by atoms with Gasteiger partial charge in [-0.1, -0.05) is 36.4 Å². The number of H-pyrrole nitrogens is 1. The highest BCUT2D eigenvalue weighted by atomic mass is 14.7. The third kappa shape index (κ3) is 2.29. The lowest BCUT2D eigenvalue weighted by Gasteiger charge is -2.06. The highest BCUT2D eigenvalue weighted by molar-refractivity contribution is 6.10. The van der Waals surface area contributed by atoms with Gasteiger partial charge in [0.2, 0.25) is 0 Å². The van der Waals surface area contributed by atoms with Crippen LogP contribution in [0.2, 0.25) is 0 Å². The molecule has 0 fully saturated rings. The van der Waals surface area contributed by atoms with Gasteiger partial charge in [0.05, 0.1) is 16.9 Å². The van der Waals surface area contributed by atoms with Gasteiger partial charge >= 0.3 is 0 Å². The van der Waals surface area contributed by atoms with Crippen molar-refractivity contribution < 1.29 is 0 Å². The van der Waals surface area contributed by atoms with Gasteiger partial charge in [0.1, 0.15) is 0 Å². The zero-order chi connectivity index (χ0) is 17.5. The standard InChI is InChI=1S/C23H17N3/c1-15-17(21-7-3-5-13-25-21)10-11-19-18-9-8-16(14-22(18)26-23(15)19)20-6-2-4-12-24-20/h2-14,26H,1H3. The average molecular weight is 335 g/mol. The first-order chi connectivity index (χ1) is 12.8. The molecule has 3 nitrogen and oxygen atoms in total. The molecule has 0 bridgehead atoms. The van der Waals surface area contributed by atoms with Crippen molar-refractivity contribution in [2.24, 2.45) is 0 Å². The molecular weight excluding hydrogens is 318 g/mol. The minimum absolute atomic E-state index is 0.985.